The van der Waals surface area contributed by atoms with Crippen molar-refractivity contribution >= 4 is 5.97 Å². The molecule has 0 spiro atoms. The summed E-state index contributed by atoms with van der Waals surface area (Å²) in [7, 11) is 1.34. The van der Waals surface area contributed by atoms with E-state index in [9.17, 15) is 18.0 Å². The molecule has 0 aliphatic rings. The van der Waals surface area contributed by atoms with E-state index in [0.29, 0.717) is 5.75 Å². The fraction of sp³-hybridized carbons (Fsp3) is 0.417. The van der Waals surface area contributed by atoms with Gasteiger partial charge in [0.25, 0.3) is 0 Å². The van der Waals surface area contributed by atoms with Gasteiger partial charge >= 0.3 is 12.1 Å². The number of aromatic carboxylic acids is 1. The van der Waals surface area contributed by atoms with E-state index < -0.39 is 18.7 Å². The first kappa shape index (κ1) is 15.3. The number of hydrogen-bond acceptors (Lipinski definition) is 3. The first-order chi connectivity index (χ1) is 8.78. The van der Waals surface area contributed by atoms with Crippen LogP contribution in [0.2, 0.25) is 0 Å². The number of nitrogens with zero attached hydrogens (tertiary/aromatic N) is 1. The van der Waals surface area contributed by atoms with Crippen molar-refractivity contribution in [2.45, 2.75) is 6.18 Å². The zero-order chi connectivity index (χ0) is 14.5. The summed E-state index contributed by atoms with van der Waals surface area (Å²) in [6.45, 7) is -0.863. The molecule has 0 aliphatic heterocycles. The SMILES string of the molecule is CN(CCOc1cccc(C(=O)O)c1)CC(F)(F)F. The van der Waals surface area contributed by atoms with E-state index >= 15 is 0 Å². The van der Waals surface area contributed by atoms with E-state index in [1.165, 1.54) is 25.2 Å². The van der Waals surface area contributed by atoms with Crippen molar-refractivity contribution in [3.63, 3.8) is 0 Å². The Morgan fingerprint density at radius 3 is 2.68 bits per heavy atom. The van der Waals surface area contributed by atoms with Gasteiger partial charge in [-0.1, -0.05) is 6.07 Å². The number of carbonyl (C=O) groups is 1. The van der Waals surface area contributed by atoms with E-state index in [-0.39, 0.29) is 18.7 Å². The Morgan fingerprint density at radius 1 is 1.42 bits per heavy atom. The molecule has 19 heavy (non-hydrogen) atoms. The Kier molecular flexibility index (Phi) is 5.17. The summed E-state index contributed by atoms with van der Waals surface area (Å²) in [6, 6.07) is 5.80. The molecule has 0 amide bonds. The number of carboxylic acids is 1. The number of benzene rings is 1. The number of carboxylic acid groups (broad SMARTS) is 1. The van der Waals surface area contributed by atoms with E-state index in [0.717, 1.165) is 4.90 Å². The van der Waals surface area contributed by atoms with Gasteiger partial charge in [0.15, 0.2) is 0 Å². The molecule has 0 atom stereocenters. The highest BCUT2D eigenvalue weighted by Crippen LogP contribution is 2.16. The Hall–Kier alpha value is -1.76. The average Bonchev–Trinajstić information content (AvgIpc) is 2.27. The molecule has 0 radical (unpaired) electrons. The number of alkyl halides is 3. The molecule has 0 aromatic heterocycles. The van der Waals surface area contributed by atoms with Crippen LogP contribution in [0.25, 0.3) is 0 Å². The van der Waals surface area contributed by atoms with Crippen LogP contribution in [0.3, 0.4) is 0 Å². The standard InChI is InChI=1S/C12H14F3NO3/c1-16(8-12(13,14)15)5-6-19-10-4-2-3-9(7-10)11(17)18/h2-4,7H,5-6,8H2,1H3,(H,17,18). The third-order valence-electron chi connectivity index (χ3n) is 2.27. The van der Waals surface area contributed by atoms with E-state index in [1.54, 1.807) is 6.07 Å². The Morgan fingerprint density at radius 2 is 2.11 bits per heavy atom. The molecule has 7 heteroatoms. The maximum Gasteiger partial charge on any atom is 0.401 e. The summed E-state index contributed by atoms with van der Waals surface area (Å²) in [5, 5.41) is 8.76. The van der Waals surface area contributed by atoms with Crippen molar-refractivity contribution in [3.8, 4) is 5.75 Å². The molecule has 1 rings (SSSR count). The maximum atomic E-state index is 12.1. The maximum absolute atomic E-state index is 12.1. The third kappa shape index (κ3) is 6.10. The van der Waals surface area contributed by atoms with Gasteiger partial charge in [0.05, 0.1) is 12.1 Å². The molecular formula is C12H14F3NO3. The van der Waals surface area contributed by atoms with Gasteiger partial charge in [-0.05, 0) is 25.2 Å². The summed E-state index contributed by atoms with van der Waals surface area (Å²) < 4.78 is 41.4. The lowest BCUT2D eigenvalue weighted by Gasteiger charge is -2.18. The lowest BCUT2D eigenvalue weighted by molar-refractivity contribution is -0.143. The highest BCUT2D eigenvalue weighted by Gasteiger charge is 2.28. The van der Waals surface area contributed by atoms with Crippen LogP contribution >= 0.6 is 0 Å². The highest BCUT2D eigenvalue weighted by molar-refractivity contribution is 5.87. The minimum absolute atomic E-state index is 0.0512. The Bertz CT molecular complexity index is 434. The predicted molar refractivity (Wildman–Crippen MR) is 62.4 cm³/mol. The molecule has 0 fully saturated rings. The molecule has 106 valence electrons. The fourth-order valence-electron chi connectivity index (χ4n) is 1.42. The summed E-state index contributed by atoms with van der Waals surface area (Å²) in [5.74, 6) is -0.764. The molecule has 0 bridgehead atoms. The van der Waals surface area contributed by atoms with Crippen LogP contribution < -0.4 is 4.74 Å². The second-order valence-corrected chi connectivity index (χ2v) is 4.03. The van der Waals surface area contributed by atoms with Crippen LogP contribution in [0.15, 0.2) is 24.3 Å². The Balaban J connectivity index is 2.41. The lowest BCUT2D eigenvalue weighted by Crippen LogP contribution is -2.33. The molecule has 0 aliphatic carbocycles. The van der Waals surface area contributed by atoms with Crippen molar-refractivity contribution in [1.82, 2.24) is 4.90 Å². The largest absolute Gasteiger partial charge is 0.492 e. The number of hydrogen-bond donors (Lipinski definition) is 1. The van der Waals surface area contributed by atoms with Gasteiger partial charge in [-0.2, -0.15) is 13.2 Å². The van der Waals surface area contributed by atoms with Crippen molar-refractivity contribution in [3.05, 3.63) is 29.8 Å². The van der Waals surface area contributed by atoms with Gasteiger partial charge < -0.3 is 9.84 Å². The molecule has 0 unspecified atom stereocenters. The van der Waals surface area contributed by atoms with Gasteiger partial charge in [0, 0.05) is 6.54 Å². The summed E-state index contributed by atoms with van der Waals surface area (Å²) >= 11 is 0. The van der Waals surface area contributed by atoms with Crippen LogP contribution in [0, 0.1) is 0 Å². The van der Waals surface area contributed by atoms with Gasteiger partial charge in [-0.3, -0.25) is 4.90 Å². The van der Waals surface area contributed by atoms with Crippen molar-refractivity contribution < 1.29 is 27.8 Å². The van der Waals surface area contributed by atoms with Gasteiger partial charge in [-0.25, -0.2) is 4.79 Å². The average molecular weight is 277 g/mol. The molecule has 1 N–H and O–H groups in total. The van der Waals surface area contributed by atoms with Gasteiger partial charge in [0.1, 0.15) is 12.4 Å². The quantitative estimate of drug-likeness (QED) is 0.866. The molecule has 0 saturated carbocycles. The van der Waals surface area contributed by atoms with Crippen molar-refractivity contribution in [1.29, 1.82) is 0 Å². The zero-order valence-electron chi connectivity index (χ0n) is 10.3. The molecular weight excluding hydrogens is 263 g/mol. The molecule has 4 nitrogen and oxygen atoms in total. The number of halogens is 3. The molecule has 0 saturated heterocycles. The summed E-state index contributed by atoms with van der Waals surface area (Å²) in [6.07, 6.45) is -4.24. The summed E-state index contributed by atoms with van der Waals surface area (Å²) in [4.78, 5) is 11.8. The number of ether oxygens (including phenoxy) is 1. The minimum atomic E-state index is -4.24. The van der Waals surface area contributed by atoms with Crippen LogP contribution in [-0.4, -0.2) is 48.9 Å². The van der Waals surface area contributed by atoms with Crippen molar-refractivity contribution in [2.75, 3.05) is 26.7 Å². The normalized spacial score (nSPS) is 11.6. The number of rotatable bonds is 6. The topological polar surface area (TPSA) is 49.8 Å². The summed E-state index contributed by atoms with van der Waals surface area (Å²) in [5.41, 5.74) is 0.0705. The highest BCUT2D eigenvalue weighted by atomic mass is 19.4. The second-order valence-electron chi connectivity index (χ2n) is 4.03. The zero-order valence-corrected chi connectivity index (χ0v) is 10.3. The van der Waals surface area contributed by atoms with E-state index in [1.807, 2.05) is 0 Å². The fourth-order valence-corrected chi connectivity index (χ4v) is 1.42. The van der Waals surface area contributed by atoms with E-state index in [2.05, 4.69) is 0 Å². The lowest BCUT2D eigenvalue weighted by atomic mass is 10.2. The smallest absolute Gasteiger partial charge is 0.401 e. The van der Waals surface area contributed by atoms with Gasteiger partial charge in [0.2, 0.25) is 0 Å². The van der Waals surface area contributed by atoms with Crippen LogP contribution in [-0.2, 0) is 0 Å². The van der Waals surface area contributed by atoms with Gasteiger partial charge in [-0.15, -0.1) is 0 Å². The Labute approximate surface area is 108 Å². The first-order valence-electron chi connectivity index (χ1n) is 5.49. The number of likely N-dealkylation sites (N-methyl/N-ethyl adjacent to an activating group) is 1. The molecule has 1 aromatic rings. The van der Waals surface area contributed by atoms with Crippen LogP contribution in [0.4, 0.5) is 13.2 Å². The first-order valence-corrected chi connectivity index (χ1v) is 5.49. The minimum Gasteiger partial charge on any atom is -0.492 e. The van der Waals surface area contributed by atoms with Crippen LogP contribution in [0.1, 0.15) is 10.4 Å². The molecule has 0 heterocycles. The van der Waals surface area contributed by atoms with Crippen molar-refractivity contribution in [2.24, 2.45) is 0 Å². The molecule has 1 aromatic carbocycles. The third-order valence-corrected chi connectivity index (χ3v) is 2.27. The van der Waals surface area contributed by atoms with E-state index in [4.69, 9.17) is 9.84 Å². The van der Waals surface area contributed by atoms with Crippen LogP contribution in [0.5, 0.6) is 5.75 Å². The predicted octanol–water partition coefficient (Wildman–Crippen LogP) is 2.26. The second kappa shape index (κ2) is 6.42. The monoisotopic (exact) mass is 277 g/mol.